The molecule has 0 heterocycles. The molecule has 7 rings (SSSR count). The van der Waals surface area contributed by atoms with E-state index in [4.69, 9.17) is 0 Å². The van der Waals surface area contributed by atoms with Gasteiger partial charge in [0.2, 0.25) is 0 Å². The van der Waals surface area contributed by atoms with Crippen LogP contribution in [-0.2, 0) is 5.41 Å². The first kappa shape index (κ1) is 19.5. The molecular formula is C32H28. The lowest BCUT2D eigenvalue weighted by Gasteiger charge is -2.64. The zero-order valence-electron chi connectivity index (χ0n) is 18.4. The summed E-state index contributed by atoms with van der Waals surface area (Å²) in [6.45, 7) is 0. The summed E-state index contributed by atoms with van der Waals surface area (Å²) in [6, 6.07) is 32.2. The Bertz CT molecular complexity index is 1140. The summed E-state index contributed by atoms with van der Waals surface area (Å²) in [7, 11) is 0. The van der Waals surface area contributed by atoms with Crippen LogP contribution in [0.5, 0.6) is 0 Å². The Hall–Kier alpha value is -3.22. The normalized spacial score (nSPS) is 28.8. The van der Waals surface area contributed by atoms with Crippen LogP contribution in [0.1, 0.15) is 48.8 Å². The first-order valence-corrected chi connectivity index (χ1v) is 12.0. The van der Waals surface area contributed by atoms with Crippen LogP contribution in [0, 0.1) is 46.9 Å². The molecule has 0 nitrogen and oxygen atoms in total. The lowest BCUT2D eigenvalue weighted by atomic mass is 9.37. The van der Waals surface area contributed by atoms with Crippen molar-refractivity contribution in [3.05, 3.63) is 108 Å². The standard InChI is InChI=1S/C32H28/c1-4-10-25(11-5-1)16-18-31(19-17-26-12-6-2-7-13-26)30-21-27-20-28(22-30)24-32(31,23-27)29-14-8-3-9-15-29/h1-15,27-28,30H,20-24H2. The van der Waals surface area contributed by atoms with Crippen LogP contribution >= 0.6 is 0 Å². The van der Waals surface area contributed by atoms with Gasteiger partial charge in [0.15, 0.2) is 0 Å². The average molecular weight is 413 g/mol. The van der Waals surface area contributed by atoms with E-state index in [-0.39, 0.29) is 10.8 Å². The van der Waals surface area contributed by atoms with E-state index in [1.54, 1.807) is 0 Å². The lowest BCUT2D eigenvalue weighted by molar-refractivity contribution is -0.0711. The molecule has 0 radical (unpaired) electrons. The number of hydrogen-bond donors (Lipinski definition) is 0. The fraction of sp³-hybridized carbons (Fsp3) is 0.312. The Morgan fingerprint density at radius 3 is 1.53 bits per heavy atom. The molecule has 3 aromatic rings. The van der Waals surface area contributed by atoms with E-state index in [1.807, 2.05) is 0 Å². The first-order valence-electron chi connectivity index (χ1n) is 12.0. The van der Waals surface area contributed by atoms with Crippen molar-refractivity contribution in [2.24, 2.45) is 23.2 Å². The Morgan fingerprint density at radius 1 is 0.562 bits per heavy atom. The van der Waals surface area contributed by atoms with Gasteiger partial charge in [-0.05, 0) is 79.7 Å². The maximum atomic E-state index is 3.88. The summed E-state index contributed by atoms with van der Waals surface area (Å²) >= 11 is 0. The summed E-state index contributed by atoms with van der Waals surface area (Å²) in [4.78, 5) is 0. The molecule has 4 saturated carbocycles. The molecule has 2 atom stereocenters. The molecule has 0 spiro atoms. The second-order valence-corrected chi connectivity index (χ2v) is 10.0. The molecule has 0 saturated heterocycles. The quantitative estimate of drug-likeness (QED) is 0.383. The van der Waals surface area contributed by atoms with E-state index < -0.39 is 0 Å². The van der Waals surface area contributed by atoms with Gasteiger partial charge in [0.1, 0.15) is 5.41 Å². The highest BCUT2D eigenvalue weighted by atomic mass is 14.7. The third-order valence-corrected chi connectivity index (χ3v) is 8.23. The smallest absolute Gasteiger partial charge is 0.0767 e. The van der Waals surface area contributed by atoms with E-state index in [9.17, 15) is 0 Å². The van der Waals surface area contributed by atoms with Crippen molar-refractivity contribution in [3.8, 4) is 23.7 Å². The lowest BCUT2D eigenvalue weighted by Crippen LogP contribution is -2.61. The predicted molar refractivity (Wildman–Crippen MR) is 131 cm³/mol. The molecule has 156 valence electrons. The summed E-state index contributed by atoms with van der Waals surface area (Å²) in [5, 5.41) is 0. The summed E-state index contributed by atoms with van der Waals surface area (Å²) in [6.07, 6.45) is 6.39. The van der Waals surface area contributed by atoms with Gasteiger partial charge in [-0.3, -0.25) is 0 Å². The van der Waals surface area contributed by atoms with Gasteiger partial charge in [-0.15, -0.1) is 0 Å². The second-order valence-electron chi connectivity index (χ2n) is 10.0. The molecule has 0 heteroatoms. The third kappa shape index (κ3) is 3.10. The average Bonchev–Trinajstić information content (AvgIpc) is 2.85. The molecule has 4 fully saturated rings. The van der Waals surface area contributed by atoms with Crippen LogP contribution in [0.2, 0.25) is 0 Å². The largest absolute Gasteiger partial charge is 0.105 e. The van der Waals surface area contributed by atoms with Crippen LogP contribution in [-0.4, -0.2) is 0 Å². The van der Waals surface area contributed by atoms with Crippen molar-refractivity contribution < 1.29 is 0 Å². The van der Waals surface area contributed by atoms with Crippen molar-refractivity contribution in [3.63, 3.8) is 0 Å². The minimum Gasteiger partial charge on any atom is -0.0767 e. The van der Waals surface area contributed by atoms with Crippen LogP contribution in [0.15, 0.2) is 91.0 Å². The van der Waals surface area contributed by atoms with Crippen molar-refractivity contribution >= 4 is 0 Å². The highest BCUT2D eigenvalue weighted by molar-refractivity contribution is 5.51. The Labute approximate surface area is 192 Å². The van der Waals surface area contributed by atoms with E-state index in [2.05, 4.69) is 115 Å². The molecule has 4 aliphatic rings. The van der Waals surface area contributed by atoms with Crippen molar-refractivity contribution in [2.75, 3.05) is 0 Å². The third-order valence-electron chi connectivity index (χ3n) is 8.23. The number of rotatable bonds is 1. The van der Waals surface area contributed by atoms with Gasteiger partial charge in [-0.25, -0.2) is 0 Å². The van der Waals surface area contributed by atoms with Crippen LogP contribution in [0.25, 0.3) is 0 Å². The van der Waals surface area contributed by atoms with Gasteiger partial charge < -0.3 is 0 Å². The minimum atomic E-state index is -0.312. The summed E-state index contributed by atoms with van der Waals surface area (Å²) in [5.74, 6) is 17.1. The van der Waals surface area contributed by atoms with Gasteiger partial charge in [0.25, 0.3) is 0 Å². The van der Waals surface area contributed by atoms with Crippen LogP contribution in [0.3, 0.4) is 0 Å². The number of hydrogen-bond acceptors (Lipinski definition) is 0. The highest BCUT2D eigenvalue weighted by Gasteiger charge is 2.65. The Morgan fingerprint density at radius 2 is 1.03 bits per heavy atom. The fourth-order valence-electron chi connectivity index (χ4n) is 7.11. The first-order chi connectivity index (χ1) is 15.8. The van der Waals surface area contributed by atoms with Gasteiger partial charge in [0.05, 0.1) is 0 Å². The fourth-order valence-corrected chi connectivity index (χ4v) is 7.11. The maximum absolute atomic E-state index is 3.88. The van der Waals surface area contributed by atoms with Gasteiger partial charge in [-0.1, -0.05) is 90.4 Å². The minimum absolute atomic E-state index is 0.0204. The Balaban J connectivity index is 1.58. The molecule has 0 aliphatic heterocycles. The number of benzene rings is 3. The second kappa shape index (κ2) is 7.73. The summed E-state index contributed by atoms with van der Waals surface area (Å²) in [5.41, 5.74) is 3.33. The monoisotopic (exact) mass is 412 g/mol. The zero-order valence-corrected chi connectivity index (χ0v) is 18.4. The molecule has 4 aliphatic carbocycles. The van der Waals surface area contributed by atoms with E-state index >= 15 is 0 Å². The van der Waals surface area contributed by atoms with Crippen molar-refractivity contribution in [2.45, 2.75) is 37.5 Å². The van der Waals surface area contributed by atoms with E-state index in [1.165, 1.54) is 37.7 Å². The molecule has 0 aromatic heterocycles. The van der Waals surface area contributed by atoms with Crippen molar-refractivity contribution in [1.29, 1.82) is 0 Å². The molecule has 3 aromatic carbocycles. The zero-order chi connectivity index (χ0) is 21.4. The van der Waals surface area contributed by atoms with E-state index in [0.717, 1.165) is 23.0 Å². The molecule has 0 amide bonds. The molecular weight excluding hydrogens is 384 g/mol. The van der Waals surface area contributed by atoms with Gasteiger partial charge in [0, 0.05) is 16.5 Å². The highest BCUT2D eigenvalue weighted by Crippen LogP contribution is 2.68. The van der Waals surface area contributed by atoms with E-state index in [0.29, 0.717) is 5.92 Å². The predicted octanol–water partition coefficient (Wildman–Crippen LogP) is 6.85. The van der Waals surface area contributed by atoms with Crippen LogP contribution < -0.4 is 0 Å². The van der Waals surface area contributed by atoms with Crippen molar-refractivity contribution in [1.82, 2.24) is 0 Å². The molecule has 2 unspecified atom stereocenters. The van der Waals surface area contributed by atoms with Gasteiger partial charge in [-0.2, -0.15) is 0 Å². The van der Waals surface area contributed by atoms with Crippen LogP contribution in [0.4, 0.5) is 0 Å². The summed E-state index contributed by atoms with van der Waals surface area (Å²) < 4.78 is 0. The molecule has 32 heavy (non-hydrogen) atoms. The SMILES string of the molecule is C(#CC1(C#Cc2ccccc2)C2CC3CC(C2)CC1(c1ccccc1)C3)c1ccccc1. The molecule has 0 N–H and O–H groups in total. The topological polar surface area (TPSA) is 0 Å². The molecule has 4 bridgehead atoms. The Kier molecular flexibility index (Phi) is 4.70. The maximum Gasteiger partial charge on any atom is 0.105 e. The van der Waals surface area contributed by atoms with Gasteiger partial charge >= 0.3 is 0 Å².